The topological polar surface area (TPSA) is 0 Å². The Labute approximate surface area is 188 Å². The van der Waals surface area contributed by atoms with Gasteiger partial charge in [-0.25, -0.2) is 0 Å². The summed E-state index contributed by atoms with van der Waals surface area (Å²) in [6.45, 7) is 8.96. The minimum Gasteiger partial charge on any atom is -0.0950 e. The molecular formula is C31H34. The Hall–Kier alpha value is -2.60. The Bertz CT molecular complexity index is 1080. The second kappa shape index (κ2) is 8.50. The van der Waals surface area contributed by atoms with Crippen LogP contribution in [0.3, 0.4) is 0 Å². The molecule has 31 heavy (non-hydrogen) atoms. The minimum atomic E-state index is 0.604. The predicted octanol–water partition coefficient (Wildman–Crippen LogP) is 8.70. The van der Waals surface area contributed by atoms with E-state index in [0.717, 1.165) is 12.3 Å². The molecule has 2 aliphatic rings. The van der Waals surface area contributed by atoms with Crippen LogP contribution in [0.5, 0.6) is 0 Å². The molecule has 0 saturated heterocycles. The van der Waals surface area contributed by atoms with Gasteiger partial charge in [0.1, 0.15) is 0 Å². The first kappa shape index (κ1) is 20.3. The van der Waals surface area contributed by atoms with Gasteiger partial charge in [-0.1, -0.05) is 85.8 Å². The summed E-state index contributed by atoms with van der Waals surface area (Å²) in [4.78, 5) is 0. The van der Waals surface area contributed by atoms with Gasteiger partial charge in [-0.05, 0) is 102 Å². The molecule has 0 radical (unpaired) electrons. The van der Waals surface area contributed by atoms with E-state index in [1.807, 2.05) is 0 Å². The quantitative estimate of drug-likeness (QED) is 0.384. The third-order valence-electron chi connectivity index (χ3n) is 7.60. The second-order valence-electron chi connectivity index (χ2n) is 9.73. The summed E-state index contributed by atoms with van der Waals surface area (Å²) in [5, 5.41) is 0. The maximum absolute atomic E-state index is 4.49. The number of hydrogen-bond acceptors (Lipinski definition) is 0. The van der Waals surface area contributed by atoms with Crippen LogP contribution in [0.2, 0.25) is 0 Å². The molecule has 0 heteroatoms. The van der Waals surface area contributed by atoms with Crippen molar-refractivity contribution in [1.82, 2.24) is 0 Å². The van der Waals surface area contributed by atoms with E-state index in [1.54, 1.807) is 11.1 Å². The highest BCUT2D eigenvalue weighted by Gasteiger charge is 2.30. The minimum absolute atomic E-state index is 0.604. The van der Waals surface area contributed by atoms with Crippen LogP contribution in [0, 0.1) is 12.8 Å². The van der Waals surface area contributed by atoms with Crippen LogP contribution in [-0.4, -0.2) is 0 Å². The Morgan fingerprint density at radius 1 is 0.839 bits per heavy atom. The van der Waals surface area contributed by atoms with Gasteiger partial charge in [-0.3, -0.25) is 0 Å². The molecule has 2 unspecified atom stereocenters. The Morgan fingerprint density at radius 3 is 2.32 bits per heavy atom. The fourth-order valence-corrected chi connectivity index (χ4v) is 5.57. The monoisotopic (exact) mass is 406 g/mol. The van der Waals surface area contributed by atoms with Crippen LogP contribution in [0.25, 0.3) is 16.7 Å². The molecule has 3 aromatic rings. The van der Waals surface area contributed by atoms with Crippen molar-refractivity contribution in [3.05, 3.63) is 101 Å². The van der Waals surface area contributed by atoms with Gasteiger partial charge in [-0.15, -0.1) is 0 Å². The zero-order valence-electron chi connectivity index (χ0n) is 19.0. The highest BCUT2D eigenvalue weighted by molar-refractivity contribution is 5.70. The first-order chi connectivity index (χ1) is 15.1. The number of benzene rings is 3. The molecule has 2 atom stereocenters. The van der Waals surface area contributed by atoms with Gasteiger partial charge in [0, 0.05) is 0 Å². The van der Waals surface area contributed by atoms with Crippen molar-refractivity contribution < 1.29 is 0 Å². The molecular weight excluding hydrogens is 372 g/mol. The summed E-state index contributed by atoms with van der Waals surface area (Å²) in [6, 6.07) is 25.3. The lowest BCUT2D eigenvalue weighted by Crippen LogP contribution is -2.02. The molecule has 2 aliphatic carbocycles. The van der Waals surface area contributed by atoms with Crippen molar-refractivity contribution in [2.45, 2.75) is 64.2 Å². The van der Waals surface area contributed by atoms with Crippen LogP contribution >= 0.6 is 0 Å². The van der Waals surface area contributed by atoms with E-state index in [4.69, 9.17) is 0 Å². The van der Waals surface area contributed by atoms with Crippen molar-refractivity contribution >= 4 is 5.57 Å². The van der Waals surface area contributed by atoms with E-state index in [1.165, 1.54) is 65.5 Å². The van der Waals surface area contributed by atoms with Crippen molar-refractivity contribution in [2.75, 3.05) is 0 Å². The van der Waals surface area contributed by atoms with E-state index in [0.29, 0.717) is 11.8 Å². The van der Waals surface area contributed by atoms with Crippen LogP contribution in [0.15, 0.2) is 73.3 Å². The molecule has 2 fully saturated rings. The van der Waals surface area contributed by atoms with Gasteiger partial charge >= 0.3 is 0 Å². The highest BCUT2D eigenvalue weighted by atomic mass is 14.3. The zero-order valence-corrected chi connectivity index (χ0v) is 19.0. The third kappa shape index (κ3) is 4.13. The van der Waals surface area contributed by atoms with Crippen LogP contribution in [0.4, 0.5) is 0 Å². The van der Waals surface area contributed by atoms with Gasteiger partial charge in [-0.2, -0.15) is 0 Å². The molecule has 0 amide bonds. The molecule has 0 nitrogen and oxygen atoms in total. The lowest BCUT2D eigenvalue weighted by atomic mass is 9.86. The molecule has 0 N–H and O–H groups in total. The summed E-state index contributed by atoms with van der Waals surface area (Å²) < 4.78 is 0. The number of allylic oxidation sites excluding steroid dienone is 1. The fraction of sp³-hybridized carbons (Fsp3) is 0.355. The predicted molar refractivity (Wildman–Crippen MR) is 134 cm³/mol. The summed E-state index contributed by atoms with van der Waals surface area (Å²) in [5.41, 5.74) is 11.5. The summed E-state index contributed by atoms with van der Waals surface area (Å²) in [5.74, 6) is 2.05. The Kier molecular flexibility index (Phi) is 5.57. The standard InChI is InChI=1S/C31H34/c1-4-23-19-28(31-8-6-5-7-30(31)25-13-14-25)17-18-29(23)27-16-15-26(20-27)22(3)24-11-9-21(2)10-12-24/h5-12,17-19,25-27H,3-4,13-16,20H2,1-2H3. The van der Waals surface area contributed by atoms with Crippen LogP contribution in [-0.2, 0) is 6.42 Å². The smallest absolute Gasteiger partial charge is 0.0149 e. The van der Waals surface area contributed by atoms with Gasteiger partial charge in [0.25, 0.3) is 0 Å². The van der Waals surface area contributed by atoms with E-state index in [9.17, 15) is 0 Å². The number of aryl methyl sites for hydroxylation is 2. The average molecular weight is 407 g/mol. The summed E-state index contributed by atoms with van der Waals surface area (Å²) in [7, 11) is 0. The molecule has 2 saturated carbocycles. The first-order valence-corrected chi connectivity index (χ1v) is 12.1. The third-order valence-corrected chi connectivity index (χ3v) is 7.60. The molecule has 5 rings (SSSR count). The number of rotatable bonds is 6. The number of hydrogen-bond donors (Lipinski definition) is 0. The van der Waals surface area contributed by atoms with Gasteiger partial charge in [0.15, 0.2) is 0 Å². The van der Waals surface area contributed by atoms with E-state index in [-0.39, 0.29) is 0 Å². The molecule has 0 aromatic heterocycles. The lowest BCUT2D eigenvalue weighted by molar-refractivity contribution is 0.670. The van der Waals surface area contributed by atoms with Gasteiger partial charge in [0.05, 0.1) is 0 Å². The van der Waals surface area contributed by atoms with Crippen molar-refractivity contribution in [3.8, 4) is 11.1 Å². The Morgan fingerprint density at radius 2 is 1.58 bits per heavy atom. The normalized spacial score (nSPS) is 20.7. The van der Waals surface area contributed by atoms with Crippen LogP contribution < -0.4 is 0 Å². The largest absolute Gasteiger partial charge is 0.0950 e. The maximum Gasteiger partial charge on any atom is -0.0149 e. The highest BCUT2D eigenvalue weighted by Crippen LogP contribution is 2.47. The van der Waals surface area contributed by atoms with Crippen molar-refractivity contribution in [3.63, 3.8) is 0 Å². The maximum atomic E-state index is 4.49. The molecule has 0 heterocycles. The molecule has 0 aliphatic heterocycles. The first-order valence-electron chi connectivity index (χ1n) is 12.1. The molecule has 158 valence electrons. The zero-order chi connectivity index (χ0) is 21.4. The van der Waals surface area contributed by atoms with Gasteiger partial charge in [0.2, 0.25) is 0 Å². The second-order valence-corrected chi connectivity index (χ2v) is 9.73. The molecule has 3 aromatic carbocycles. The fourth-order valence-electron chi connectivity index (χ4n) is 5.57. The average Bonchev–Trinajstić information content (AvgIpc) is 3.55. The SMILES string of the molecule is C=C(c1ccc(C)cc1)C1CCC(c2ccc(-c3ccccc3C3CC3)cc2CC)C1. The summed E-state index contributed by atoms with van der Waals surface area (Å²) >= 11 is 0. The lowest BCUT2D eigenvalue weighted by Gasteiger charge is -2.19. The van der Waals surface area contributed by atoms with E-state index in [2.05, 4.69) is 87.2 Å². The van der Waals surface area contributed by atoms with Gasteiger partial charge < -0.3 is 0 Å². The molecule has 0 spiro atoms. The van der Waals surface area contributed by atoms with E-state index < -0.39 is 0 Å². The molecule has 0 bridgehead atoms. The van der Waals surface area contributed by atoms with E-state index >= 15 is 0 Å². The van der Waals surface area contributed by atoms with Crippen LogP contribution in [0.1, 0.15) is 78.7 Å². The summed E-state index contributed by atoms with van der Waals surface area (Å²) in [6.07, 6.45) is 7.58. The van der Waals surface area contributed by atoms with Crippen molar-refractivity contribution in [2.24, 2.45) is 5.92 Å². The Balaban J connectivity index is 1.37. The van der Waals surface area contributed by atoms with Crippen molar-refractivity contribution in [1.29, 1.82) is 0 Å².